The summed E-state index contributed by atoms with van der Waals surface area (Å²) in [6.45, 7) is 0. The Morgan fingerprint density at radius 3 is 2.25 bits per heavy atom. The highest BCUT2D eigenvalue weighted by Crippen LogP contribution is 2.31. The molecular formula is C8H12O4. The zero-order valence-corrected chi connectivity index (χ0v) is 7.42. The van der Waals surface area contributed by atoms with Gasteiger partial charge in [-0.3, -0.25) is 4.79 Å². The topological polar surface area (TPSA) is 44.8 Å². The minimum atomic E-state index is -1.30. The number of ketones is 1. The summed E-state index contributed by atoms with van der Waals surface area (Å²) in [5.41, 5.74) is 0. The summed E-state index contributed by atoms with van der Waals surface area (Å²) >= 11 is 0. The average Bonchev–Trinajstić information content (AvgIpc) is 2.42. The van der Waals surface area contributed by atoms with E-state index in [1.165, 1.54) is 21.3 Å². The van der Waals surface area contributed by atoms with Crippen LogP contribution in [0.5, 0.6) is 0 Å². The van der Waals surface area contributed by atoms with E-state index < -0.39 is 5.79 Å². The van der Waals surface area contributed by atoms with Crippen molar-refractivity contribution in [2.24, 2.45) is 0 Å². The molecule has 0 heterocycles. The SMILES string of the molecule is COC1=CCC(=O)C1(OC)OC. The van der Waals surface area contributed by atoms with Crippen molar-refractivity contribution in [3.8, 4) is 0 Å². The molecule has 0 radical (unpaired) electrons. The molecular weight excluding hydrogens is 160 g/mol. The van der Waals surface area contributed by atoms with Gasteiger partial charge in [-0.15, -0.1) is 0 Å². The normalized spacial score (nSPS) is 20.9. The van der Waals surface area contributed by atoms with Gasteiger partial charge < -0.3 is 14.2 Å². The van der Waals surface area contributed by atoms with Gasteiger partial charge in [0.1, 0.15) is 0 Å². The zero-order valence-electron chi connectivity index (χ0n) is 7.42. The van der Waals surface area contributed by atoms with Crippen molar-refractivity contribution < 1.29 is 19.0 Å². The molecule has 4 nitrogen and oxygen atoms in total. The summed E-state index contributed by atoms with van der Waals surface area (Å²) in [5.74, 6) is -1.00. The van der Waals surface area contributed by atoms with Crippen molar-refractivity contribution in [2.75, 3.05) is 21.3 Å². The zero-order chi connectivity index (χ0) is 9.19. The molecule has 0 aromatic rings. The Balaban J connectivity index is 2.96. The Labute approximate surface area is 71.1 Å². The van der Waals surface area contributed by atoms with Crippen LogP contribution in [0.15, 0.2) is 11.8 Å². The highest BCUT2D eigenvalue weighted by Gasteiger charge is 2.47. The van der Waals surface area contributed by atoms with Crippen LogP contribution in [0.1, 0.15) is 6.42 Å². The summed E-state index contributed by atoms with van der Waals surface area (Å²) in [6, 6.07) is 0. The van der Waals surface area contributed by atoms with Gasteiger partial charge in [-0.05, 0) is 6.08 Å². The fraction of sp³-hybridized carbons (Fsp3) is 0.625. The first kappa shape index (κ1) is 9.22. The fourth-order valence-electron chi connectivity index (χ4n) is 1.32. The van der Waals surface area contributed by atoms with Crippen LogP contribution in [0, 0.1) is 0 Å². The van der Waals surface area contributed by atoms with Gasteiger partial charge in [-0.2, -0.15) is 0 Å². The number of hydrogen-bond donors (Lipinski definition) is 0. The molecule has 0 saturated heterocycles. The molecule has 0 N–H and O–H groups in total. The molecule has 4 heteroatoms. The maximum Gasteiger partial charge on any atom is 0.288 e. The number of allylic oxidation sites excluding steroid dienone is 1. The van der Waals surface area contributed by atoms with Crippen LogP contribution in [-0.4, -0.2) is 32.9 Å². The van der Waals surface area contributed by atoms with Crippen molar-refractivity contribution in [1.29, 1.82) is 0 Å². The Kier molecular flexibility index (Phi) is 2.49. The number of Topliss-reactive ketones (excluding diaryl/α,β-unsaturated/α-hetero) is 1. The maximum atomic E-state index is 11.3. The first-order valence-corrected chi connectivity index (χ1v) is 3.59. The minimum Gasteiger partial charge on any atom is -0.495 e. The summed E-state index contributed by atoms with van der Waals surface area (Å²) in [6.07, 6.45) is 1.96. The summed E-state index contributed by atoms with van der Waals surface area (Å²) in [4.78, 5) is 11.3. The monoisotopic (exact) mass is 172 g/mol. The van der Waals surface area contributed by atoms with Gasteiger partial charge in [-0.25, -0.2) is 0 Å². The van der Waals surface area contributed by atoms with E-state index in [2.05, 4.69) is 0 Å². The third kappa shape index (κ3) is 1.04. The van der Waals surface area contributed by atoms with E-state index in [1.807, 2.05) is 0 Å². The molecule has 12 heavy (non-hydrogen) atoms. The molecule has 0 bridgehead atoms. The first-order valence-electron chi connectivity index (χ1n) is 3.59. The lowest BCUT2D eigenvalue weighted by Crippen LogP contribution is -2.41. The molecule has 1 aliphatic carbocycles. The third-order valence-corrected chi connectivity index (χ3v) is 1.96. The van der Waals surface area contributed by atoms with Gasteiger partial charge in [0, 0.05) is 20.6 Å². The van der Waals surface area contributed by atoms with Crippen molar-refractivity contribution in [1.82, 2.24) is 0 Å². The number of rotatable bonds is 3. The maximum absolute atomic E-state index is 11.3. The molecule has 1 rings (SSSR count). The van der Waals surface area contributed by atoms with E-state index in [0.717, 1.165) is 0 Å². The van der Waals surface area contributed by atoms with Crippen molar-refractivity contribution in [2.45, 2.75) is 12.2 Å². The van der Waals surface area contributed by atoms with E-state index in [1.54, 1.807) is 6.08 Å². The molecule has 0 amide bonds. The Hall–Kier alpha value is -0.870. The van der Waals surface area contributed by atoms with E-state index in [9.17, 15) is 4.79 Å². The molecule has 0 aliphatic heterocycles. The molecule has 0 spiro atoms. The molecule has 0 saturated carbocycles. The first-order chi connectivity index (χ1) is 5.71. The van der Waals surface area contributed by atoms with E-state index >= 15 is 0 Å². The van der Waals surface area contributed by atoms with E-state index in [4.69, 9.17) is 14.2 Å². The number of hydrogen-bond acceptors (Lipinski definition) is 4. The number of ether oxygens (including phenoxy) is 3. The van der Waals surface area contributed by atoms with Gasteiger partial charge in [0.05, 0.1) is 7.11 Å². The van der Waals surface area contributed by atoms with Crippen LogP contribution in [0.2, 0.25) is 0 Å². The Morgan fingerprint density at radius 2 is 1.92 bits per heavy atom. The number of carbonyl (C=O) groups is 1. The molecule has 0 atom stereocenters. The lowest BCUT2D eigenvalue weighted by molar-refractivity contribution is -0.198. The molecule has 0 aromatic carbocycles. The highest BCUT2D eigenvalue weighted by atomic mass is 16.7. The summed E-state index contributed by atoms with van der Waals surface area (Å²) in [7, 11) is 4.32. The summed E-state index contributed by atoms with van der Waals surface area (Å²) in [5, 5.41) is 0. The van der Waals surface area contributed by atoms with E-state index in [-0.39, 0.29) is 5.78 Å². The van der Waals surface area contributed by atoms with Gasteiger partial charge >= 0.3 is 0 Å². The molecule has 0 aromatic heterocycles. The van der Waals surface area contributed by atoms with Crippen molar-refractivity contribution in [3.63, 3.8) is 0 Å². The van der Waals surface area contributed by atoms with E-state index in [0.29, 0.717) is 12.2 Å². The Morgan fingerprint density at radius 1 is 1.33 bits per heavy atom. The molecule has 0 fully saturated rings. The van der Waals surface area contributed by atoms with Crippen molar-refractivity contribution in [3.05, 3.63) is 11.8 Å². The quantitative estimate of drug-likeness (QED) is 0.581. The van der Waals surface area contributed by atoms with Gasteiger partial charge in [-0.1, -0.05) is 0 Å². The molecule has 0 unspecified atom stereocenters. The molecule has 1 aliphatic rings. The van der Waals surface area contributed by atoms with Crippen molar-refractivity contribution >= 4 is 5.78 Å². The van der Waals surface area contributed by atoms with Crippen LogP contribution >= 0.6 is 0 Å². The second-order valence-corrected chi connectivity index (χ2v) is 2.42. The number of carbonyl (C=O) groups excluding carboxylic acids is 1. The Bertz CT molecular complexity index is 215. The van der Waals surface area contributed by atoms with Crippen LogP contribution in [-0.2, 0) is 19.0 Å². The minimum absolute atomic E-state index is 0.135. The fourth-order valence-corrected chi connectivity index (χ4v) is 1.32. The second kappa shape index (κ2) is 3.25. The lowest BCUT2D eigenvalue weighted by Gasteiger charge is -2.25. The largest absolute Gasteiger partial charge is 0.495 e. The van der Waals surface area contributed by atoms with Gasteiger partial charge in [0.2, 0.25) is 5.78 Å². The smallest absolute Gasteiger partial charge is 0.288 e. The van der Waals surface area contributed by atoms with Crippen LogP contribution < -0.4 is 0 Å². The third-order valence-electron chi connectivity index (χ3n) is 1.96. The average molecular weight is 172 g/mol. The van der Waals surface area contributed by atoms with Gasteiger partial charge in [0.25, 0.3) is 5.79 Å². The van der Waals surface area contributed by atoms with Crippen LogP contribution in [0.3, 0.4) is 0 Å². The summed E-state index contributed by atoms with van der Waals surface area (Å²) < 4.78 is 15.0. The highest BCUT2D eigenvalue weighted by molar-refractivity contribution is 5.92. The van der Waals surface area contributed by atoms with Gasteiger partial charge in [0.15, 0.2) is 5.76 Å². The lowest BCUT2D eigenvalue weighted by atomic mass is 10.2. The molecule has 68 valence electrons. The second-order valence-electron chi connectivity index (χ2n) is 2.42. The number of methoxy groups -OCH3 is 3. The predicted molar refractivity (Wildman–Crippen MR) is 41.5 cm³/mol. The predicted octanol–water partition coefficient (Wildman–Crippen LogP) is 0.479. The standard InChI is InChI=1S/C8H12O4/c1-10-7-5-4-6(9)8(7,11-2)12-3/h5H,4H2,1-3H3. The van der Waals surface area contributed by atoms with Crippen LogP contribution in [0.25, 0.3) is 0 Å². The van der Waals surface area contributed by atoms with Crippen LogP contribution in [0.4, 0.5) is 0 Å².